The van der Waals surface area contributed by atoms with Gasteiger partial charge in [0.25, 0.3) is 0 Å². The number of rotatable bonds is 7. The fraction of sp³-hybridized carbons (Fsp3) is 0.333. The summed E-state index contributed by atoms with van der Waals surface area (Å²) in [5.41, 5.74) is 9.45. The molecule has 2 aromatic carbocycles. The van der Waals surface area contributed by atoms with E-state index in [9.17, 15) is 11.0 Å². The fourth-order valence-electron chi connectivity index (χ4n) is 4.02. The second-order valence-electron chi connectivity index (χ2n) is 10.4. The Labute approximate surface area is 216 Å². The van der Waals surface area contributed by atoms with Crippen molar-refractivity contribution in [1.82, 2.24) is 21.0 Å². The molecule has 3 aromatic rings. The summed E-state index contributed by atoms with van der Waals surface area (Å²) >= 11 is 6.67. The summed E-state index contributed by atoms with van der Waals surface area (Å²) < 4.78 is 23.3. The van der Waals surface area contributed by atoms with E-state index in [0.717, 1.165) is 12.8 Å². The van der Waals surface area contributed by atoms with Crippen molar-refractivity contribution in [2.75, 3.05) is 17.2 Å². The van der Waals surface area contributed by atoms with Gasteiger partial charge in [-0.1, -0.05) is 44.5 Å². The molecule has 1 aliphatic carbocycles. The largest absolute Gasteiger partial charge is 0.383 e. The van der Waals surface area contributed by atoms with Gasteiger partial charge in [0.05, 0.1) is 34.9 Å². The van der Waals surface area contributed by atoms with Gasteiger partial charge in [0.15, 0.2) is 0 Å². The SMILES string of the molecule is [2H][C@@](Nc1cc(Cl)c2ncc(C#N)c(NCC(C)(C)C)c2c1)(C1=CN(C2CC2)NN1)c1ccc(F)cc1. The minimum Gasteiger partial charge on any atom is -0.383 e. The van der Waals surface area contributed by atoms with Crippen LogP contribution in [0.15, 0.2) is 54.5 Å². The molecule has 5 rings (SSSR count). The molecule has 1 atom stereocenters. The highest BCUT2D eigenvalue weighted by molar-refractivity contribution is 6.35. The van der Waals surface area contributed by atoms with Gasteiger partial charge in [-0.3, -0.25) is 9.99 Å². The van der Waals surface area contributed by atoms with Gasteiger partial charge in [-0.05, 0) is 48.1 Å². The Morgan fingerprint density at radius 1 is 1.31 bits per heavy atom. The van der Waals surface area contributed by atoms with Crippen LogP contribution in [0.4, 0.5) is 15.8 Å². The minimum absolute atomic E-state index is 0.0259. The Morgan fingerprint density at radius 2 is 2.06 bits per heavy atom. The van der Waals surface area contributed by atoms with Crippen LogP contribution in [0.5, 0.6) is 0 Å². The molecule has 0 saturated heterocycles. The van der Waals surface area contributed by atoms with E-state index >= 15 is 0 Å². The molecule has 0 bridgehead atoms. The van der Waals surface area contributed by atoms with Gasteiger partial charge in [-0.15, -0.1) is 5.53 Å². The van der Waals surface area contributed by atoms with Gasteiger partial charge < -0.3 is 16.1 Å². The number of fused-ring (bicyclic) bond motifs is 1. The maximum Gasteiger partial charge on any atom is 0.123 e. The lowest BCUT2D eigenvalue weighted by molar-refractivity contribution is 0.260. The van der Waals surface area contributed by atoms with E-state index in [1.807, 2.05) is 17.3 Å². The van der Waals surface area contributed by atoms with Crippen LogP contribution in [0.3, 0.4) is 0 Å². The molecular formula is C27H29ClFN7. The number of nitrogens with one attached hydrogen (secondary N) is 4. The first-order valence-corrected chi connectivity index (χ1v) is 12.3. The average Bonchev–Trinajstić information content (AvgIpc) is 3.58. The zero-order chi connectivity index (χ0) is 26.4. The molecule has 186 valence electrons. The zero-order valence-electron chi connectivity index (χ0n) is 21.4. The summed E-state index contributed by atoms with van der Waals surface area (Å²) in [7, 11) is 0. The second-order valence-corrected chi connectivity index (χ2v) is 10.8. The molecule has 36 heavy (non-hydrogen) atoms. The Hall–Kier alpha value is -3.54. The number of hydrogen-bond acceptors (Lipinski definition) is 7. The first-order chi connectivity index (χ1) is 17.6. The summed E-state index contributed by atoms with van der Waals surface area (Å²) in [6, 6.07) is 10.5. The van der Waals surface area contributed by atoms with E-state index in [0.29, 0.717) is 56.7 Å². The van der Waals surface area contributed by atoms with Crippen molar-refractivity contribution in [2.24, 2.45) is 5.41 Å². The summed E-state index contributed by atoms with van der Waals surface area (Å²) in [6.45, 7) is 6.95. The topological polar surface area (TPSA) is 88.0 Å². The fourth-order valence-corrected chi connectivity index (χ4v) is 4.29. The first-order valence-electron chi connectivity index (χ1n) is 12.4. The molecule has 1 aromatic heterocycles. The van der Waals surface area contributed by atoms with Crippen LogP contribution < -0.4 is 21.6 Å². The average molecular weight is 507 g/mol. The molecule has 0 radical (unpaired) electrons. The summed E-state index contributed by atoms with van der Waals surface area (Å²) in [4.78, 5) is 4.42. The number of hydrogen-bond donors (Lipinski definition) is 4. The van der Waals surface area contributed by atoms with Gasteiger partial charge >= 0.3 is 0 Å². The molecule has 1 fully saturated rings. The van der Waals surface area contributed by atoms with Gasteiger partial charge in [0, 0.05) is 36.1 Å². The van der Waals surface area contributed by atoms with Crippen molar-refractivity contribution in [3.8, 4) is 6.07 Å². The zero-order valence-corrected chi connectivity index (χ0v) is 21.2. The molecule has 9 heteroatoms. The molecule has 1 saturated carbocycles. The molecule has 0 spiro atoms. The smallest absolute Gasteiger partial charge is 0.123 e. The number of hydrazine groups is 2. The lowest BCUT2D eigenvalue weighted by Gasteiger charge is -2.23. The third kappa shape index (κ3) is 5.18. The van der Waals surface area contributed by atoms with E-state index in [2.05, 4.69) is 53.4 Å². The van der Waals surface area contributed by atoms with Crippen LogP contribution in [0.2, 0.25) is 5.02 Å². The highest BCUT2D eigenvalue weighted by atomic mass is 35.5. The van der Waals surface area contributed by atoms with E-state index < -0.39 is 6.02 Å². The minimum atomic E-state index is -1.50. The molecular weight excluding hydrogens is 477 g/mol. The standard InChI is InChI=1S/C27H29ClFN7/c1-27(2,3)15-32-24-17(12-30)13-31-26-21(24)10-19(11-22(26)28)33-25(16-4-6-18(29)7-5-16)23-14-36(35-34-23)20-8-9-20/h4-7,10-11,13-14,20,25,33-35H,8-9,15H2,1-3H3,(H,31,32)/t25-/m0/s1/i25D. The van der Waals surface area contributed by atoms with Crippen LogP contribution in [-0.2, 0) is 0 Å². The molecule has 2 heterocycles. The van der Waals surface area contributed by atoms with Crippen molar-refractivity contribution >= 4 is 33.9 Å². The van der Waals surface area contributed by atoms with E-state index in [-0.39, 0.29) is 11.2 Å². The predicted octanol–water partition coefficient (Wildman–Crippen LogP) is 5.84. The lowest BCUT2D eigenvalue weighted by Crippen LogP contribution is -2.38. The molecule has 7 nitrogen and oxygen atoms in total. The normalized spacial score (nSPS) is 17.6. The Balaban J connectivity index is 1.60. The monoisotopic (exact) mass is 506 g/mol. The number of halogens is 2. The number of nitriles is 1. The highest BCUT2D eigenvalue weighted by Crippen LogP contribution is 2.37. The van der Waals surface area contributed by atoms with Gasteiger partial charge in [0.1, 0.15) is 11.9 Å². The molecule has 1 aliphatic heterocycles. The van der Waals surface area contributed by atoms with Crippen molar-refractivity contribution < 1.29 is 5.76 Å². The van der Waals surface area contributed by atoms with Gasteiger partial charge in [-0.25, -0.2) is 4.39 Å². The number of aromatic nitrogens is 1. The number of pyridine rings is 1. The van der Waals surface area contributed by atoms with Crippen molar-refractivity contribution in [2.45, 2.75) is 45.7 Å². The van der Waals surface area contributed by atoms with E-state index in [1.54, 1.807) is 18.2 Å². The lowest BCUT2D eigenvalue weighted by atomic mass is 9.96. The number of benzene rings is 2. The van der Waals surface area contributed by atoms with Gasteiger partial charge in [0.2, 0.25) is 0 Å². The predicted molar refractivity (Wildman–Crippen MR) is 141 cm³/mol. The third-order valence-electron chi connectivity index (χ3n) is 6.04. The quantitative estimate of drug-likeness (QED) is 0.320. The maximum absolute atomic E-state index is 13.8. The Morgan fingerprint density at radius 3 is 2.72 bits per heavy atom. The van der Waals surface area contributed by atoms with Crippen molar-refractivity contribution in [3.63, 3.8) is 0 Å². The van der Waals surface area contributed by atoms with Crippen LogP contribution in [0.1, 0.15) is 52.1 Å². The van der Waals surface area contributed by atoms with Crippen molar-refractivity contribution in [3.05, 3.63) is 76.5 Å². The van der Waals surface area contributed by atoms with Crippen LogP contribution in [0.25, 0.3) is 10.9 Å². The summed E-state index contributed by atoms with van der Waals surface area (Å²) in [6.07, 6.45) is 5.54. The molecule has 4 N–H and O–H groups in total. The van der Waals surface area contributed by atoms with Gasteiger partial charge in [-0.2, -0.15) is 5.26 Å². The van der Waals surface area contributed by atoms with E-state index in [1.165, 1.54) is 18.3 Å². The summed E-state index contributed by atoms with van der Waals surface area (Å²) in [5, 5.41) is 19.5. The van der Waals surface area contributed by atoms with E-state index in [4.69, 9.17) is 11.6 Å². The highest BCUT2D eigenvalue weighted by Gasteiger charge is 2.32. The Bertz CT molecular complexity index is 1410. The van der Waals surface area contributed by atoms with Crippen LogP contribution in [0, 0.1) is 22.6 Å². The summed E-state index contributed by atoms with van der Waals surface area (Å²) in [5.74, 6) is -0.379. The first kappa shape index (κ1) is 22.9. The van der Waals surface area contributed by atoms with Crippen LogP contribution in [-0.4, -0.2) is 22.6 Å². The number of nitrogens with zero attached hydrogens (tertiary/aromatic N) is 3. The Kier molecular flexibility index (Phi) is 6.04. The molecule has 0 amide bonds. The molecule has 0 unspecified atom stereocenters. The molecule has 2 aliphatic rings. The maximum atomic E-state index is 13.8. The second kappa shape index (κ2) is 9.49. The van der Waals surface area contributed by atoms with Crippen LogP contribution >= 0.6 is 11.6 Å². The van der Waals surface area contributed by atoms with Crippen molar-refractivity contribution in [1.29, 1.82) is 5.26 Å². The third-order valence-corrected chi connectivity index (χ3v) is 6.33. The number of anilines is 2.